The predicted octanol–water partition coefficient (Wildman–Crippen LogP) is 3.24. The first-order valence-electron chi connectivity index (χ1n) is 9.83. The lowest BCUT2D eigenvalue weighted by molar-refractivity contribution is 0.0733. The predicted molar refractivity (Wildman–Crippen MR) is 114 cm³/mol. The van der Waals surface area contributed by atoms with Crippen LogP contribution in [0.2, 0.25) is 0 Å². The van der Waals surface area contributed by atoms with Gasteiger partial charge in [-0.1, -0.05) is 17.8 Å². The van der Waals surface area contributed by atoms with Gasteiger partial charge in [0, 0.05) is 43.4 Å². The molecule has 0 atom stereocenters. The first kappa shape index (κ1) is 19.7. The Morgan fingerprint density at radius 3 is 2.69 bits per heavy atom. The van der Waals surface area contributed by atoms with E-state index in [0.29, 0.717) is 13.1 Å². The minimum Gasteiger partial charge on any atom is -0.334 e. The van der Waals surface area contributed by atoms with E-state index < -0.39 is 0 Å². The summed E-state index contributed by atoms with van der Waals surface area (Å²) in [6.45, 7) is 8.18. The monoisotopic (exact) mass is 410 g/mol. The number of carbonyl (C=O) groups is 1. The van der Waals surface area contributed by atoms with Crippen molar-refractivity contribution < 1.29 is 4.79 Å². The number of hydrogen-bond acceptors (Lipinski definition) is 5. The molecule has 0 aliphatic carbocycles. The van der Waals surface area contributed by atoms with Gasteiger partial charge in [-0.15, -0.1) is 10.2 Å². The summed E-state index contributed by atoms with van der Waals surface area (Å²) in [5.74, 6) is 0.837. The highest BCUT2D eigenvalue weighted by Gasteiger charge is 2.30. The van der Waals surface area contributed by atoms with Crippen molar-refractivity contribution in [2.45, 2.75) is 45.4 Å². The lowest BCUT2D eigenvalue weighted by atomic mass is 10.0. The number of benzene rings is 1. The molecule has 0 unspecified atom stereocenters. The first-order chi connectivity index (χ1) is 13.9. The summed E-state index contributed by atoms with van der Waals surface area (Å²) in [7, 11) is 1.96. The molecule has 8 heteroatoms. The zero-order valence-corrected chi connectivity index (χ0v) is 18.4. The molecule has 2 aromatic heterocycles. The Morgan fingerprint density at radius 2 is 2.00 bits per heavy atom. The van der Waals surface area contributed by atoms with Gasteiger partial charge in [0.25, 0.3) is 5.91 Å². The van der Waals surface area contributed by atoms with Gasteiger partial charge >= 0.3 is 0 Å². The van der Waals surface area contributed by atoms with E-state index in [0.717, 1.165) is 46.3 Å². The van der Waals surface area contributed by atoms with Crippen molar-refractivity contribution in [3.63, 3.8) is 0 Å². The average molecular weight is 411 g/mol. The molecule has 0 bridgehead atoms. The maximum atomic E-state index is 13.2. The van der Waals surface area contributed by atoms with E-state index in [1.54, 1.807) is 11.8 Å². The molecule has 1 aliphatic heterocycles. The van der Waals surface area contributed by atoms with Crippen molar-refractivity contribution >= 4 is 17.7 Å². The van der Waals surface area contributed by atoms with E-state index in [1.165, 1.54) is 11.3 Å². The maximum absolute atomic E-state index is 13.2. The van der Waals surface area contributed by atoms with Gasteiger partial charge in [0.05, 0.1) is 6.54 Å². The summed E-state index contributed by atoms with van der Waals surface area (Å²) < 4.78 is 4.01. The Hall–Kier alpha value is -2.61. The zero-order chi connectivity index (χ0) is 20.7. The Labute approximate surface area is 175 Å². The van der Waals surface area contributed by atoms with Gasteiger partial charge in [-0.3, -0.25) is 9.48 Å². The molecule has 0 spiro atoms. The number of aryl methyl sites for hydroxylation is 3. The number of rotatable bonds is 4. The molecule has 1 aliphatic rings. The second-order valence-corrected chi connectivity index (χ2v) is 8.20. The molecular weight excluding hydrogens is 384 g/mol. The fourth-order valence-corrected chi connectivity index (χ4v) is 4.46. The molecule has 152 valence electrons. The molecule has 0 fully saturated rings. The molecule has 0 N–H and O–H groups in total. The summed E-state index contributed by atoms with van der Waals surface area (Å²) in [6.07, 6.45) is 2.78. The number of hydrogen-bond donors (Lipinski definition) is 0. The van der Waals surface area contributed by atoms with Gasteiger partial charge in [-0.2, -0.15) is 5.10 Å². The number of aromatic nitrogens is 5. The van der Waals surface area contributed by atoms with E-state index in [2.05, 4.69) is 28.6 Å². The topological polar surface area (TPSA) is 68.8 Å². The summed E-state index contributed by atoms with van der Waals surface area (Å²) in [6, 6.07) is 5.92. The smallest absolute Gasteiger partial charge is 0.254 e. The third-order valence-corrected chi connectivity index (χ3v) is 6.38. The SMILES string of the molecule is CCn1c(SC)nnc1-c1nn(C)c2c1CN(C(=O)c1ccc(C)c(C)c1)CC2. The lowest BCUT2D eigenvalue weighted by Crippen LogP contribution is -2.36. The fraction of sp³-hybridized carbons (Fsp3) is 0.429. The second-order valence-electron chi connectivity index (χ2n) is 7.43. The molecular formula is C21H26N6OS. The van der Waals surface area contributed by atoms with Crippen LogP contribution < -0.4 is 0 Å². The maximum Gasteiger partial charge on any atom is 0.254 e. The van der Waals surface area contributed by atoms with E-state index in [9.17, 15) is 4.79 Å². The summed E-state index contributed by atoms with van der Waals surface area (Å²) in [5, 5.41) is 14.4. The van der Waals surface area contributed by atoms with Crippen molar-refractivity contribution in [2.24, 2.45) is 7.05 Å². The van der Waals surface area contributed by atoms with Crippen LogP contribution in [0, 0.1) is 13.8 Å². The molecule has 3 aromatic rings. The Kier molecular flexibility index (Phi) is 5.21. The van der Waals surface area contributed by atoms with Gasteiger partial charge in [-0.05, 0) is 50.3 Å². The average Bonchev–Trinajstić information content (AvgIpc) is 3.29. The molecule has 4 rings (SSSR count). The largest absolute Gasteiger partial charge is 0.334 e. The van der Waals surface area contributed by atoms with Crippen molar-refractivity contribution in [2.75, 3.05) is 12.8 Å². The standard InChI is InChI=1S/C21H26N6OS/c1-6-27-19(22-23-21(27)29-5)18-16-12-26(10-9-17(16)25(4)24-18)20(28)15-8-7-13(2)14(3)11-15/h7-8,11H,6,9-10,12H2,1-5H3. The van der Waals surface area contributed by atoms with E-state index in [4.69, 9.17) is 5.10 Å². The van der Waals surface area contributed by atoms with Gasteiger partial charge < -0.3 is 9.47 Å². The van der Waals surface area contributed by atoms with Crippen LogP contribution in [-0.4, -0.2) is 48.2 Å². The fourth-order valence-electron chi connectivity index (χ4n) is 3.90. The number of amides is 1. The summed E-state index contributed by atoms with van der Waals surface area (Å²) in [4.78, 5) is 15.1. The number of fused-ring (bicyclic) bond motifs is 1. The third-order valence-electron chi connectivity index (χ3n) is 5.71. The molecule has 1 aromatic carbocycles. The van der Waals surface area contributed by atoms with E-state index >= 15 is 0 Å². The molecule has 0 saturated carbocycles. The highest BCUT2D eigenvalue weighted by molar-refractivity contribution is 7.98. The molecule has 0 radical (unpaired) electrons. The molecule has 7 nitrogen and oxygen atoms in total. The second kappa shape index (κ2) is 7.67. The Bertz CT molecular complexity index is 1080. The Morgan fingerprint density at radius 1 is 1.21 bits per heavy atom. The Balaban J connectivity index is 1.70. The van der Waals surface area contributed by atoms with E-state index in [-0.39, 0.29) is 5.91 Å². The normalized spacial score (nSPS) is 13.6. The molecule has 1 amide bonds. The van der Waals surface area contributed by atoms with Gasteiger partial charge in [-0.25, -0.2) is 0 Å². The third kappa shape index (κ3) is 3.35. The van der Waals surface area contributed by atoms with Gasteiger partial charge in [0.2, 0.25) is 0 Å². The zero-order valence-electron chi connectivity index (χ0n) is 17.6. The summed E-state index contributed by atoms with van der Waals surface area (Å²) in [5.41, 5.74) is 6.14. The van der Waals surface area contributed by atoms with Crippen LogP contribution in [0.4, 0.5) is 0 Å². The first-order valence-corrected chi connectivity index (χ1v) is 11.1. The van der Waals surface area contributed by atoms with Crippen molar-refractivity contribution in [1.29, 1.82) is 0 Å². The minimum atomic E-state index is 0.0651. The number of nitrogens with zero attached hydrogens (tertiary/aromatic N) is 6. The molecule has 3 heterocycles. The van der Waals surface area contributed by atoms with Crippen molar-refractivity contribution in [3.8, 4) is 11.5 Å². The lowest BCUT2D eigenvalue weighted by Gasteiger charge is -2.28. The van der Waals surface area contributed by atoms with E-state index in [1.807, 2.05) is 48.0 Å². The van der Waals surface area contributed by atoms with Crippen LogP contribution in [0.1, 0.15) is 39.7 Å². The van der Waals surface area contributed by atoms with Crippen LogP contribution in [0.25, 0.3) is 11.5 Å². The molecule has 29 heavy (non-hydrogen) atoms. The quantitative estimate of drug-likeness (QED) is 0.618. The van der Waals surface area contributed by atoms with Gasteiger partial charge in [0.1, 0.15) is 5.69 Å². The van der Waals surface area contributed by atoms with Crippen LogP contribution in [-0.2, 0) is 26.6 Å². The number of thioether (sulfide) groups is 1. The van der Waals surface area contributed by atoms with Crippen molar-refractivity contribution in [3.05, 3.63) is 46.1 Å². The van der Waals surface area contributed by atoms with Crippen LogP contribution in [0.3, 0.4) is 0 Å². The van der Waals surface area contributed by atoms with Crippen LogP contribution in [0.5, 0.6) is 0 Å². The van der Waals surface area contributed by atoms with Gasteiger partial charge in [0.15, 0.2) is 11.0 Å². The van der Waals surface area contributed by atoms with Crippen molar-refractivity contribution in [1.82, 2.24) is 29.4 Å². The van der Waals surface area contributed by atoms with Crippen LogP contribution >= 0.6 is 11.8 Å². The highest BCUT2D eigenvalue weighted by atomic mass is 32.2. The van der Waals surface area contributed by atoms with Crippen LogP contribution in [0.15, 0.2) is 23.4 Å². The minimum absolute atomic E-state index is 0.0651. The highest BCUT2D eigenvalue weighted by Crippen LogP contribution is 2.31. The molecule has 0 saturated heterocycles. The number of carbonyl (C=O) groups excluding carboxylic acids is 1. The summed E-state index contributed by atoms with van der Waals surface area (Å²) >= 11 is 1.58.